The summed E-state index contributed by atoms with van der Waals surface area (Å²) in [6.45, 7) is 0. The van der Waals surface area contributed by atoms with Crippen LogP contribution in [0, 0.1) is 0 Å². The van der Waals surface area contributed by atoms with Crippen LogP contribution in [-0.4, -0.2) is 24.4 Å². The zero-order valence-electron chi connectivity index (χ0n) is 8.93. The molecular weight excluding hydrogens is 279 g/mol. The second-order valence-electron chi connectivity index (χ2n) is 3.03. The minimum Gasteiger partial charge on any atom is -0.465 e. The molecule has 100 valence electrons. The fourth-order valence-electron chi connectivity index (χ4n) is 1.15. The first-order valence-corrected chi connectivity index (χ1v) is 4.98. The Balaban J connectivity index is 3.30. The highest BCUT2D eigenvalue weighted by molar-refractivity contribution is 6.17. The van der Waals surface area contributed by atoms with Crippen molar-refractivity contribution in [2.24, 2.45) is 0 Å². The number of ether oxygens (including phenoxy) is 2. The van der Waals surface area contributed by atoms with Gasteiger partial charge in [0.05, 0.1) is 18.6 Å². The van der Waals surface area contributed by atoms with Crippen LogP contribution < -0.4 is 10.3 Å². The third kappa shape index (κ3) is 3.39. The lowest BCUT2D eigenvalue weighted by atomic mass is 10.2. The Morgan fingerprint density at radius 1 is 1.50 bits per heavy atom. The van der Waals surface area contributed by atoms with Crippen LogP contribution in [0.4, 0.5) is 13.2 Å². The number of nitrogens with one attached hydrogen (secondary N) is 1. The van der Waals surface area contributed by atoms with Gasteiger partial charge in [-0.25, -0.2) is 4.79 Å². The van der Waals surface area contributed by atoms with E-state index in [-0.39, 0.29) is 17.1 Å². The van der Waals surface area contributed by atoms with Gasteiger partial charge >= 0.3 is 12.3 Å². The zero-order valence-corrected chi connectivity index (χ0v) is 9.69. The van der Waals surface area contributed by atoms with Gasteiger partial charge in [0.25, 0.3) is 5.56 Å². The molecule has 5 nitrogen and oxygen atoms in total. The van der Waals surface area contributed by atoms with Gasteiger partial charge in [0.2, 0.25) is 0 Å². The standard InChI is InChI=1S/C9H7ClF3NO4/c1-17-8(16)4-2-6(18-9(11,12)13)7(15)14-5(4)3-10/h2H,3H2,1H3,(H,14,15). The number of halogens is 4. The van der Waals surface area contributed by atoms with E-state index in [1.807, 2.05) is 4.98 Å². The average molecular weight is 286 g/mol. The van der Waals surface area contributed by atoms with E-state index in [0.717, 1.165) is 7.11 Å². The van der Waals surface area contributed by atoms with E-state index >= 15 is 0 Å². The summed E-state index contributed by atoms with van der Waals surface area (Å²) in [7, 11) is 1.04. The van der Waals surface area contributed by atoms with E-state index in [2.05, 4.69) is 9.47 Å². The number of aromatic amines is 1. The molecule has 0 aliphatic heterocycles. The van der Waals surface area contributed by atoms with Crippen molar-refractivity contribution in [2.45, 2.75) is 12.2 Å². The van der Waals surface area contributed by atoms with E-state index in [0.29, 0.717) is 6.07 Å². The molecule has 0 aliphatic rings. The third-order valence-electron chi connectivity index (χ3n) is 1.85. The van der Waals surface area contributed by atoms with E-state index in [1.165, 1.54) is 0 Å². The van der Waals surface area contributed by atoms with Gasteiger partial charge < -0.3 is 14.5 Å². The van der Waals surface area contributed by atoms with Gasteiger partial charge in [0.15, 0.2) is 5.75 Å². The molecule has 0 bridgehead atoms. The van der Waals surface area contributed by atoms with Gasteiger partial charge in [-0.05, 0) is 0 Å². The van der Waals surface area contributed by atoms with Crippen LogP contribution in [-0.2, 0) is 10.6 Å². The van der Waals surface area contributed by atoms with Crippen molar-refractivity contribution < 1.29 is 27.4 Å². The molecule has 0 atom stereocenters. The molecule has 9 heteroatoms. The van der Waals surface area contributed by atoms with Gasteiger partial charge in [-0.3, -0.25) is 4.79 Å². The molecule has 0 radical (unpaired) electrons. The predicted molar refractivity (Wildman–Crippen MR) is 54.6 cm³/mol. The lowest BCUT2D eigenvalue weighted by molar-refractivity contribution is -0.275. The van der Waals surface area contributed by atoms with Crippen LogP contribution >= 0.6 is 11.6 Å². The number of aromatic nitrogens is 1. The molecule has 1 aromatic heterocycles. The Morgan fingerprint density at radius 2 is 2.11 bits per heavy atom. The highest BCUT2D eigenvalue weighted by Crippen LogP contribution is 2.21. The van der Waals surface area contributed by atoms with Gasteiger partial charge in [-0.1, -0.05) is 0 Å². The molecule has 0 unspecified atom stereocenters. The first-order valence-electron chi connectivity index (χ1n) is 4.44. The fraction of sp³-hybridized carbons (Fsp3) is 0.333. The summed E-state index contributed by atoms with van der Waals surface area (Å²) in [5, 5.41) is 0. The Hall–Kier alpha value is -1.70. The number of methoxy groups -OCH3 is 1. The van der Waals surface area contributed by atoms with Crippen molar-refractivity contribution in [2.75, 3.05) is 7.11 Å². The normalized spacial score (nSPS) is 11.2. The monoisotopic (exact) mass is 285 g/mol. The van der Waals surface area contributed by atoms with Gasteiger partial charge in [-0.15, -0.1) is 24.8 Å². The SMILES string of the molecule is COC(=O)c1cc(OC(F)(F)F)c(=O)[nH]c1CCl. The Morgan fingerprint density at radius 3 is 2.56 bits per heavy atom. The molecule has 1 aromatic rings. The molecule has 0 saturated heterocycles. The lowest BCUT2D eigenvalue weighted by Crippen LogP contribution is -2.24. The molecule has 18 heavy (non-hydrogen) atoms. The predicted octanol–water partition coefficient (Wildman–Crippen LogP) is 1.80. The maximum absolute atomic E-state index is 12.0. The van der Waals surface area contributed by atoms with Crippen molar-refractivity contribution in [3.05, 3.63) is 27.7 Å². The van der Waals surface area contributed by atoms with E-state index < -0.39 is 23.6 Å². The molecule has 0 amide bonds. The lowest BCUT2D eigenvalue weighted by Gasteiger charge is -2.10. The van der Waals surface area contributed by atoms with Crippen LogP contribution in [0.25, 0.3) is 0 Å². The molecule has 1 heterocycles. The fourth-order valence-corrected chi connectivity index (χ4v) is 1.36. The average Bonchev–Trinajstić information content (AvgIpc) is 2.28. The molecule has 1 rings (SSSR count). The van der Waals surface area contributed by atoms with Crippen molar-refractivity contribution in [3.8, 4) is 5.75 Å². The van der Waals surface area contributed by atoms with E-state index in [9.17, 15) is 22.8 Å². The molecular formula is C9H7ClF3NO4. The largest absolute Gasteiger partial charge is 0.573 e. The number of carbonyl (C=O) groups is 1. The zero-order chi connectivity index (χ0) is 13.9. The first-order chi connectivity index (χ1) is 8.28. The highest BCUT2D eigenvalue weighted by Gasteiger charge is 2.33. The van der Waals surface area contributed by atoms with E-state index in [4.69, 9.17) is 11.6 Å². The van der Waals surface area contributed by atoms with Crippen molar-refractivity contribution in [1.82, 2.24) is 4.98 Å². The van der Waals surface area contributed by atoms with Crippen molar-refractivity contribution in [3.63, 3.8) is 0 Å². The molecule has 1 N–H and O–H groups in total. The summed E-state index contributed by atoms with van der Waals surface area (Å²) in [5.41, 5.74) is -1.50. The summed E-state index contributed by atoms with van der Waals surface area (Å²) in [5.74, 6) is -2.27. The van der Waals surface area contributed by atoms with Gasteiger partial charge in [0, 0.05) is 11.8 Å². The number of hydrogen-bond donors (Lipinski definition) is 1. The summed E-state index contributed by atoms with van der Waals surface area (Å²) in [6, 6.07) is 0.635. The summed E-state index contributed by atoms with van der Waals surface area (Å²) in [4.78, 5) is 24.5. The maximum atomic E-state index is 12.0. The molecule has 0 aromatic carbocycles. The molecule has 0 spiro atoms. The number of rotatable bonds is 3. The quantitative estimate of drug-likeness (QED) is 0.679. The second-order valence-corrected chi connectivity index (χ2v) is 3.30. The smallest absolute Gasteiger partial charge is 0.465 e. The third-order valence-corrected chi connectivity index (χ3v) is 2.12. The first kappa shape index (κ1) is 14.4. The number of hydrogen-bond acceptors (Lipinski definition) is 4. The summed E-state index contributed by atoms with van der Waals surface area (Å²) in [6.07, 6.45) is -5.04. The van der Waals surface area contributed by atoms with Gasteiger partial charge in [-0.2, -0.15) is 0 Å². The maximum Gasteiger partial charge on any atom is 0.573 e. The van der Waals surface area contributed by atoms with Crippen LogP contribution in [0.2, 0.25) is 0 Å². The Kier molecular flexibility index (Phi) is 4.23. The topological polar surface area (TPSA) is 68.4 Å². The molecule has 0 saturated carbocycles. The number of carbonyl (C=O) groups excluding carboxylic acids is 1. The minimum atomic E-state index is -5.04. The van der Waals surface area contributed by atoms with Crippen LogP contribution in [0.3, 0.4) is 0 Å². The number of alkyl halides is 4. The van der Waals surface area contributed by atoms with Gasteiger partial charge in [0.1, 0.15) is 0 Å². The van der Waals surface area contributed by atoms with Crippen LogP contribution in [0.5, 0.6) is 5.75 Å². The molecule has 0 aliphatic carbocycles. The number of pyridine rings is 1. The summed E-state index contributed by atoms with van der Waals surface area (Å²) >= 11 is 5.45. The summed E-state index contributed by atoms with van der Waals surface area (Å²) < 4.78 is 43.8. The Labute approximate surface area is 103 Å². The van der Waals surface area contributed by atoms with Crippen molar-refractivity contribution >= 4 is 17.6 Å². The highest BCUT2D eigenvalue weighted by atomic mass is 35.5. The molecule has 0 fully saturated rings. The van der Waals surface area contributed by atoms with Crippen LogP contribution in [0.1, 0.15) is 16.1 Å². The second kappa shape index (κ2) is 5.30. The van der Waals surface area contributed by atoms with Crippen LogP contribution in [0.15, 0.2) is 10.9 Å². The van der Waals surface area contributed by atoms with E-state index in [1.54, 1.807) is 0 Å². The Bertz CT molecular complexity index is 512. The number of esters is 1. The minimum absolute atomic E-state index is 0.0527. The number of H-pyrrole nitrogens is 1. The van der Waals surface area contributed by atoms with Crippen molar-refractivity contribution in [1.29, 1.82) is 0 Å².